The fraction of sp³-hybridized carbons (Fsp3) is 0.500. The Morgan fingerprint density at radius 2 is 2.33 bits per heavy atom. The zero-order valence-corrected chi connectivity index (χ0v) is 8.48. The molecule has 1 amide bonds. The maximum Gasteiger partial charge on any atom is 0.321 e. The van der Waals surface area contributed by atoms with Crippen molar-refractivity contribution in [1.29, 1.82) is 0 Å². The number of carbonyl (C=O) groups excluding carboxylic acids is 1. The Bertz CT molecular complexity index is 357. The van der Waals surface area contributed by atoms with Gasteiger partial charge < -0.3 is 20.8 Å². The molecule has 82 valence electrons. The van der Waals surface area contributed by atoms with Gasteiger partial charge in [-0.3, -0.25) is 9.59 Å². The van der Waals surface area contributed by atoms with Crippen LogP contribution >= 0.6 is 11.8 Å². The summed E-state index contributed by atoms with van der Waals surface area (Å²) in [5.74, 6) is -1.26. The number of nitrogens with zero attached hydrogens (tertiary/aromatic N) is 1. The first-order valence-electron chi connectivity index (χ1n) is 4.33. The molecule has 2 aliphatic rings. The van der Waals surface area contributed by atoms with Gasteiger partial charge in [0.05, 0.1) is 6.61 Å². The molecule has 1 saturated heterocycles. The molecule has 0 aromatic rings. The lowest BCUT2D eigenvalue weighted by molar-refractivity contribution is -0.141. The number of aliphatic carboxylic acids is 1. The summed E-state index contributed by atoms with van der Waals surface area (Å²) < 4.78 is 0. The van der Waals surface area contributed by atoms with Crippen LogP contribution in [-0.2, 0) is 9.59 Å². The van der Waals surface area contributed by atoms with Gasteiger partial charge in [-0.1, -0.05) is 0 Å². The van der Waals surface area contributed by atoms with Gasteiger partial charge in [0.1, 0.15) is 16.7 Å². The summed E-state index contributed by atoms with van der Waals surface area (Å²) in [6, 6.07) is -0.631. The molecule has 15 heavy (non-hydrogen) atoms. The number of hydrogen-bond donors (Lipinski definition) is 3. The van der Waals surface area contributed by atoms with Crippen molar-refractivity contribution in [3.05, 3.63) is 11.8 Å². The van der Waals surface area contributed by atoms with Gasteiger partial charge >= 0.3 is 5.97 Å². The Morgan fingerprint density at radius 3 is 2.87 bits per heavy atom. The van der Waals surface area contributed by atoms with E-state index in [2.05, 4.69) is 0 Å². The maximum absolute atomic E-state index is 11.2. The summed E-state index contributed by atoms with van der Waals surface area (Å²) in [7, 11) is 0. The number of rotatable bonds is 2. The Hall–Kier alpha value is -1.05. The smallest absolute Gasteiger partial charge is 0.321 e. The van der Waals surface area contributed by atoms with Gasteiger partial charge in [-0.05, 0) is 5.57 Å². The number of carboxylic acid groups (broad SMARTS) is 1. The van der Waals surface area contributed by atoms with Crippen molar-refractivity contribution in [2.24, 2.45) is 5.73 Å². The highest BCUT2D eigenvalue weighted by atomic mass is 32.2. The number of nitrogens with two attached hydrogens (primary N) is 1. The van der Waals surface area contributed by atoms with Crippen LogP contribution in [0.3, 0.4) is 0 Å². The minimum absolute atomic E-state index is 0.234. The Balaban J connectivity index is 2.26. The molecule has 1 fully saturated rings. The summed E-state index contributed by atoms with van der Waals surface area (Å²) in [5, 5.41) is 16.8. The third-order valence-corrected chi connectivity index (χ3v) is 4.02. The van der Waals surface area contributed by atoms with E-state index in [1.165, 1.54) is 11.1 Å². The molecule has 2 unspecified atom stereocenters. The molecule has 3 atom stereocenters. The lowest BCUT2D eigenvalue weighted by Gasteiger charge is -2.47. The molecule has 7 heteroatoms. The number of aliphatic hydroxyl groups excluding tert-OH is 1. The molecular weight excluding hydrogens is 220 g/mol. The average molecular weight is 230 g/mol. The number of carbonyl (C=O) groups is 2. The van der Waals surface area contributed by atoms with Crippen LogP contribution in [0.4, 0.5) is 0 Å². The lowest BCUT2D eigenvalue weighted by Crippen LogP contribution is -2.67. The predicted octanol–water partition coefficient (Wildman–Crippen LogP) is -1.44. The summed E-state index contributed by atoms with van der Waals surface area (Å²) in [6.45, 7) is -0.365. The molecule has 6 nitrogen and oxygen atoms in total. The second kappa shape index (κ2) is 3.51. The molecule has 0 aromatic carbocycles. The molecule has 0 saturated carbocycles. The van der Waals surface area contributed by atoms with E-state index in [4.69, 9.17) is 15.9 Å². The molecule has 0 bridgehead atoms. The quantitative estimate of drug-likeness (QED) is 0.502. The Labute approximate surface area is 89.7 Å². The summed E-state index contributed by atoms with van der Waals surface area (Å²) >= 11 is 1.09. The lowest BCUT2D eigenvalue weighted by atomic mass is 10.1. The van der Waals surface area contributed by atoms with E-state index in [-0.39, 0.29) is 17.9 Å². The molecule has 2 aliphatic heterocycles. The van der Waals surface area contributed by atoms with Gasteiger partial charge in [-0.25, -0.2) is 0 Å². The summed E-state index contributed by atoms with van der Waals surface area (Å²) in [4.78, 5) is 23.5. The van der Waals surface area contributed by atoms with Crippen LogP contribution in [-0.4, -0.2) is 50.3 Å². The van der Waals surface area contributed by atoms with Crippen LogP contribution in [0.5, 0.6) is 0 Å². The largest absolute Gasteiger partial charge is 0.480 e. The number of carboxylic acids is 1. The van der Waals surface area contributed by atoms with Crippen molar-refractivity contribution in [2.45, 2.75) is 16.7 Å². The molecule has 0 aromatic heterocycles. The van der Waals surface area contributed by atoms with Crippen LogP contribution in [0.15, 0.2) is 11.8 Å². The predicted molar refractivity (Wildman–Crippen MR) is 52.8 cm³/mol. The Morgan fingerprint density at radius 1 is 1.67 bits per heavy atom. The summed E-state index contributed by atoms with van der Waals surface area (Å²) in [5.41, 5.74) is 5.85. The van der Waals surface area contributed by atoms with Gasteiger partial charge in [0.2, 0.25) is 5.91 Å². The van der Waals surface area contributed by atoms with Crippen LogP contribution in [0.25, 0.3) is 0 Å². The third kappa shape index (κ3) is 1.43. The van der Waals surface area contributed by atoms with Gasteiger partial charge in [-0.15, -0.1) is 11.8 Å². The number of β-lactam (4-membered cyclic amide) rings is 1. The normalized spacial score (nSPS) is 34.3. The average Bonchev–Trinajstić information content (AvgIpc) is 2.25. The summed E-state index contributed by atoms with van der Waals surface area (Å²) in [6.07, 6.45) is 1.39. The van der Waals surface area contributed by atoms with E-state index >= 15 is 0 Å². The second-order valence-corrected chi connectivity index (χ2v) is 4.60. The zero-order chi connectivity index (χ0) is 11.2. The van der Waals surface area contributed by atoms with Crippen LogP contribution in [0, 0.1) is 0 Å². The fourth-order valence-corrected chi connectivity index (χ4v) is 2.90. The van der Waals surface area contributed by atoms with Crippen molar-refractivity contribution in [1.82, 2.24) is 4.90 Å². The van der Waals surface area contributed by atoms with E-state index in [1.54, 1.807) is 0 Å². The number of hydrogen-bond acceptors (Lipinski definition) is 5. The second-order valence-electron chi connectivity index (χ2n) is 3.38. The number of aliphatic hydroxyl groups is 1. The molecular formula is C8H10N2O4S. The minimum Gasteiger partial charge on any atom is -0.480 e. The SMILES string of the molecule is NC1C(=O)N2C=C(CO)C(C(=O)O)S[C@H]12. The number of thioether (sulfide) groups is 1. The van der Waals surface area contributed by atoms with Crippen LogP contribution < -0.4 is 5.73 Å². The molecule has 2 heterocycles. The number of fused-ring (bicyclic) bond motifs is 1. The standard InChI is InChI=1S/C8H10N2O4S/c9-4-6(12)10-1-3(2-11)5(8(13)14)15-7(4)10/h1,4-5,7,11H,2,9H2,(H,13,14)/t4?,5?,7-/m1/s1. The topological polar surface area (TPSA) is 104 Å². The molecule has 0 spiro atoms. The first-order valence-corrected chi connectivity index (χ1v) is 5.28. The van der Waals surface area contributed by atoms with Crippen molar-refractivity contribution < 1.29 is 19.8 Å². The van der Waals surface area contributed by atoms with Crippen LogP contribution in [0.2, 0.25) is 0 Å². The molecule has 2 rings (SSSR count). The highest BCUT2D eigenvalue weighted by Gasteiger charge is 2.49. The van der Waals surface area contributed by atoms with E-state index < -0.39 is 17.3 Å². The molecule has 0 radical (unpaired) electrons. The van der Waals surface area contributed by atoms with E-state index in [1.807, 2.05) is 0 Å². The minimum atomic E-state index is -1.02. The highest BCUT2D eigenvalue weighted by Crippen LogP contribution is 2.39. The van der Waals surface area contributed by atoms with Crippen LogP contribution in [0.1, 0.15) is 0 Å². The van der Waals surface area contributed by atoms with E-state index in [9.17, 15) is 9.59 Å². The van der Waals surface area contributed by atoms with Crippen molar-refractivity contribution in [3.8, 4) is 0 Å². The van der Waals surface area contributed by atoms with Gasteiger partial charge in [0.15, 0.2) is 0 Å². The van der Waals surface area contributed by atoms with Gasteiger partial charge in [0.25, 0.3) is 0 Å². The zero-order valence-electron chi connectivity index (χ0n) is 7.66. The number of amides is 1. The molecule has 0 aliphatic carbocycles. The monoisotopic (exact) mass is 230 g/mol. The molecule has 4 N–H and O–H groups in total. The van der Waals surface area contributed by atoms with Gasteiger partial charge in [0, 0.05) is 6.20 Å². The Kier molecular flexibility index (Phi) is 2.45. The van der Waals surface area contributed by atoms with E-state index in [0.29, 0.717) is 5.57 Å². The van der Waals surface area contributed by atoms with Crippen molar-refractivity contribution >= 4 is 23.6 Å². The van der Waals surface area contributed by atoms with Crippen molar-refractivity contribution in [2.75, 3.05) is 6.61 Å². The first-order chi connectivity index (χ1) is 7.06. The van der Waals surface area contributed by atoms with E-state index in [0.717, 1.165) is 11.8 Å². The first kappa shape index (κ1) is 10.5. The highest BCUT2D eigenvalue weighted by molar-refractivity contribution is 8.01. The fourth-order valence-electron chi connectivity index (χ4n) is 1.61. The van der Waals surface area contributed by atoms with Gasteiger partial charge in [-0.2, -0.15) is 0 Å². The van der Waals surface area contributed by atoms with Crippen molar-refractivity contribution in [3.63, 3.8) is 0 Å². The maximum atomic E-state index is 11.2. The third-order valence-electron chi connectivity index (χ3n) is 2.45.